The van der Waals surface area contributed by atoms with Gasteiger partial charge >= 0.3 is 0 Å². The van der Waals surface area contributed by atoms with Crippen molar-refractivity contribution in [1.82, 2.24) is 10.6 Å². The molecular formula is C5H6N4. The van der Waals surface area contributed by atoms with E-state index in [0.29, 0.717) is 0 Å². The highest BCUT2D eigenvalue weighted by molar-refractivity contribution is 5.67. The van der Waals surface area contributed by atoms with E-state index in [-0.39, 0.29) is 6.17 Å². The first kappa shape index (κ1) is 4.55. The van der Waals surface area contributed by atoms with Crippen LogP contribution in [-0.2, 0) is 0 Å². The van der Waals surface area contributed by atoms with Gasteiger partial charge in [-0.25, -0.2) is 9.98 Å². The van der Waals surface area contributed by atoms with Crippen LogP contribution in [0.1, 0.15) is 0 Å². The van der Waals surface area contributed by atoms with Gasteiger partial charge in [0.25, 0.3) is 0 Å². The lowest BCUT2D eigenvalue weighted by Gasteiger charge is -2.08. The number of nitrogens with zero attached hydrogens (tertiary/aromatic N) is 2. The number of rotatable bonds is 0. The van der Waals surface area contributed by atoms with Crippen molar-refractivity contribution >= 4 is 12.7 Å². The Morgan fingerprint density at radius 2 is 2.22 bits per heavy atom. The van der Waals surface area contributed by atoms with Crippen LogP contribution in [0.3, 0.4) is 0 Å². The average Bonchev–Trinajstić information content (AvgIpc) is 2.33. The maximum atomic E-state index is 4.03. The lowest BCUT2D eigenvalue weighted by molar-refractivity contribution is 0.803. The number of hydrogen-bond donors (Lipinski definition) is 2. The molecular weight excluding hydrogens is 116 g/mol. The summed E-state index contributed by atoms with van der Waals surface area (Å²) in [5.41, 5.74) is 1.01. The molecule has 0 spiro atoms. The Morgan fingerprint density at radius 1 is 1.33 bits per heavy atom. The van der Waals surface area contributed by atoms with Crippen molar-refractivity contribution in [3.8, 4) is 0 Å². The molecule has 2 aliphatic rings. The first-order valence-electron chi connectivity index (χ1n) is 2.73. The minimum atomic E-state index is -0.00810. The summed E-state index contributed by atoms with van der Waals surface area (Å²) < 4.78 is 0. The minimum Gasteiger partial charge on any atom is -0.351 e. The van der Waals surface area contributed by atoms with Gasteiger partial charge in [0.05, 0.1) is 18.4 Å². The Bertz CT molecular complexity index is 203. The van der Waals surface area contributed by atoms with Crippen molar-refractivity contribution in [1.29, 1.82) is 0 Å². The fourth-order valence-corrected chi connectivity index (χ4v) is 0.813. The molecule has 2 N–H and O–H groups in total. The minimum absolute atomic E-state index is 0.00810. The van der Waals surface area contributed by atoms with E-state index in [1.54, 1.807) is 12.7 Å². The predicted molar refractivity (Wildman–Crippen MR) is 35.1 cm³/mol. The Morgan fingerprint density at radius 3 is 3.11 bits per heavy atom. The molecule has 0 aromatic rings. The van der Waals surface area contributed by atoms with E-state index in [1.807, 2.05) is 6.20 Å². The van der Waals surface area contributed by atoms with E-state index in [2.05, 4.69) is 20.6 Å². The first-order valence-corrected chi connectivity index (χ1v) is 2.73. The van der Waals surface area contributed by atoms with Gasteiger partial charge in [-0.15, -0.1) is 0 Å². The molecule has 1 atom stereocenters. The third-order valence-electron chi connectivity index (χ3n) is 1.25. The molecule has 0 radical (unpaired) electrons. The zero-order chi connectivity index (χ0) is 6.10. The van der Waals surface area contributed by atoms with Crippen LogP contribution >= 0.6 is 0 Å². The van der Waals surface area contributed by atoms with Crippen LogP contribution in [0, 0.1) is 0 Å². The molecule has 0 bridgehead atoms. The second-order valence-corrected chi connectivity index (χ2v) is 1.84. The molecule has 0 fully saturated rings. The van der Waals surface area contributed by atoms with Crippen molar-refractivity contribution in [2.45, 2.75) is 6.17 Å². The third-order valence-corrected chi connectivity index (χ3v) is 1.25. The van der Waals surface area contributed by atoms with E-state index in [9.17, 15) is 0 Å². The van der Waals surface area contributed by atoms with Crippen molar-refractivity contribution in [2.24, 2.45) is 9.98 Å². The van der Waals surface area contributed by atoms with Crippen LogP contribution in [0.4, 0.5) is 0 Å². The van der Waals surface area contributed by atoms with Gasteiger partial charge in [-0.05, 0) is 0 Å². The van der Waals surface area contributed by atoms with Crippen LogP contribution in [0.5, 0.6) is 0 Å². The Hall–Kier alpha value is -1.32. The molecule has 0 aliphatic carbocycles. The van der Waals surface area contributed by atoms with Crippen LogP contribution in [0.25, 0.3) is 0 Å². The summed E-state index contributed by atoms with van der Waals surface area (Å²) in [5, 5.41) is 5.81. The second-order valence-electron chi connectivity index (χ2n) is 1.84. The van der Waals surface area contributed by atoms with Gasteiger partial charge in [-0.1, -0.05) is 0 Å². The van der Waals surface area contributed by atoms with E-state index in [1.165, 1.54) is 0 Å². The number of nitrogens with one attached hydrogen (secondary N) is 2. The summed E-state index contributed by atoms with van der Waals surface area (Å²) >= 11 is 0. The highest BCUT2D eigenvalue weighted by Crippen LogP contribution is 2.09. The summed E-state index contributed by atoms with van der Waals surface area (Å²) in [6, 6.07) is 0. The highest BCUT2D eigenvalue weighted by atomic mass is 15.2. The van der Waals surface area contributed by atoms with Gasteiger partial charge < -0.3 is 10.6 Å². The maximum Gasteiger partial charge on any atom is 0.184 e. The molecule has 0 saturated carbocycles. The molecule has 0 amide bonds. The van der Waals surface area contributed by atoms with Gasteiger partial charge in [-0.2, -0.15) is 0 Å². The zero-order valence-corrected chi connectivity index (χ0v) is 4.70. The van der Waals surface area contributed by atoms with Crippen LogP contribution in [0.2, 0.25) is 0 Å². The van der Waals surface area contributed by atoms with Crippen molar-refractivity contribution in [2.75, 3.05) is 0 Å². The smallest absolute Gasteiger partial charge is 0.184 e. The lowest BCUT2D eigenvalue weighted by atomic mass is 10.4. The normalized spacial score (nSPS) is 28.4. The molecule has 0 aromatic heterocycles. The number of fused-ring (bicyclic) bond motifs is 1. The Kier molecular flexibility index (Phi) is 0.798. The molecule has 1 unspecified atom stereocenters. The molecule has 9 heavy (non-hydrogen) atoms. The monoisotopic (exact) mass is 122 g/mol. The van der Waals surface area contributed by atoms with E-state index in [0.717, 1.165) is 5.70 Å². The molecule has 4 nitrogen and oxygen atoms in total. The Labute approximate surface area is 52.4 Å². The summed E-state index contributed by atoms with van der Waals surface area (Å²) in [6.45, 7) is 0. The zero-order valence-electron chi connectivity index (χ0n) is 4.70. The van der Waals surface area contributed by atoms with Gasteiger partial charge in [0.2, 0.25) is 0 Å². The average molecular weight is 122 g/mol. The van der Waals surface area contributed by atoms with E-state index >= 15 is 0 Å². The molecule has 2 rings (SSSR count). The maximum absolute atomic E-state index is 4.03. The summed E-state index contributed by atoms with van der Waals surface area (Å²) in [7, 11) is 0. The lowest BCUT2D eigenvalue weighted by Crippen LogP contribution is -2.20. The summed E-state index contributed by atoms with van der Waals surface area (Å²) in [6.07, 6.45) is 5.13. The van der Waals surface area contributed by atoms with Gasteiger partial charge in [0.1, 0.15) is 0 Å². The summed E-state index contributed by atoms with van der Waals surface area (Å²) in [5.74, 6) is 0. The number of aliphatic imine (C=N–C) groups is 2. The SMILES string of the molecule is C1=NC2N=CNC2=CN1. The quantitative estimate of drug-likeness (QED) is 0.451. The van der Waals surface area contributed by atoms with E-state index < -0.39 is 0 Å². The Balaban J connectivity index is 2.29. The third kappa shape index (κ3) is 0.595. The standard InChI is InChI=1S/C5H6N4/c1-4-5(8-2-6-1)9-3-7-4/h1-3,5H,(H,6,8)(H,7,9). The molecule has 0 aromatic carbocycles. The van der Waals surface area contributed by atoms with Crippen LogP contribution in [0.15, 0.2) is 21.9 Å². The fourth-order valence-electron chi connectivity index (χ4n) is 0.813. The van der Waals surface area contributed by atoms with Crippen molar-refractivity contribution < 1.29 is 0 Å². The van der Waals surface area contributed by atoms with Crippen molar-refractivity contribution in [3.05, 3.63) is 11.9 Å². The summed E-state index contributed by atoms with van der Waals surface area (Å²) in [4.78, 5) is 8.04. The topological polar surface area (TPSA) is 48.8 Å². The molecule has 2 heterocycles. The van der Waals surface area contributed by atoms with Crippen LogP contribution in [-0.4, -0.2) is 18.8 Å². The van der Waals surface area contributed by atoms with Crippen molar-refractivity contribution in [3.63, 3.8) is 0 Å². The molecule has 46 valence electrons. The first-order chi connectivity index (χ1) is 4.47. The predicted octanol–water partition coefficient (Wildman–Crippen LogP) is -0.583. The highest BCUT2D eigenvalue weighted by Gasteiger charge is 2.15. The molecule has 4 heteroatoms. The fraction of sp³-hybridized carbons (Fsp3) is 0.200. The van der Waals surface area contributed by atoms with Crippen LogP contribution < -0.4 is 10.6 Å². The largest absolute Gasteiger partial charge is 0.351 e. The number of hydrogen-bond acceptors (Lipinski definition) is 4. The second kappa shape index (κ2) is 1.58. The van der Waals surface area contributed by atoms with Gasteiger partial charge in [-0.3, -0.25) is 0 Å². The van der Waals surface area contributed by atoms with Gasteiger partial charge in [0.15, 0.2) is 6.17 Å². The molecule has 2 aliphatic heterocycles. The molecule has 0 saturated heterocycles. The van der Waals surface area contributed by atoms with E-state index in [4.69, 9.17) is 0 Å². The van der Waals surface area contributed by atoms with Gasteiger partial charge in [0, 0.05) is 6.20 Å².